The van der Waals surface area contributed by atoms with Crippen molar-refractivity contribution in [3.63, 3.8) is 0 Å². The number of aryl methyl sites for hydroxylation is 2. The van der Waals surface area contributed by atoms with Crippen molar-refractivity contribution in [3.8, 4) is 11.1 Å². The number of hydrogen-bond donors (Lipinski definition) is 1. The summed E-state index contributed by atoms with van der Waals surface area (Å²) in [7, 11) is -3.13. The fourth-order valence-electron chi connectivity index (χ4n) is 3.85. The first-order valence-electron chi connectivity index (χ1n) is 9.93. The van der Waals surface area contributed by atoms with Gasteiger partial charge in [0.1, 0.15) is 0 Å². The molecular formula is C22H26N4O2S. The molecule has 0 radical (unpaired) electrons. The van der Waals surface area contributed by atoms with E-state index in [1.165, 1.54) is 0 Å². The van der Waals surface area contributed by atoms with E-state index in [4.69, 9.17) is 0 Å². The summed E-state index contributed by atoms with van der Waals surface area (Å²) in [4.78, 5) is 8.75. The average Bonchev–Trinajstić information content (AvgIpc) is 2.63. The maximum Gasteiger partial charge on any atom is 0.214 e. The Hall–Kier alpha value is -2.51. The zero-order chi connectivity index (χ0) is 20.6. The molecule has 2 aromatic heterocycles. The molecule has 7 heteroatoms. The lowest BCUT2D eigenvalue weighted by Crippen LogP contribution is -2.57. The van der Waals surface area contributed by atoms with Crippen LogP contribution in [0.15, 0.2) is 42.7 Å². The highest BCUT2D eigenvalue weighted by Gasteiger charge is 2.35. The minimum Gasteiger partial charge on any atom is -0.379 e. The van der Waals surface area contributed by atoms with Crippen molar-refractivity contribution in [2.24, 2.45) is 0 Å². The van der Waals surface area contributed by atoms with Gasteiger partial charge in [-0.1, -0.05) is 6.92 Å². The highest BCUT2D eigenvalue weighted by atomic mass is 32.2. The molecule has 1 fully saturated rings. The number of anilines is 1. The molecular weight excluding hydrogens is 384 g/mol. The van der Waals surface area contributed by atoms with Gasteiger partial charge in [-0.25, -0.2) is 8.42 Å². The Morgan fingerprint density at radius 3 is 2.48 bits per heavy atom. The van der Waals surface area contributed by atoms with E-state index >= 15 is 0 Å². The molecule has 1 aromatic carbocycles. The van der Waals surface area contributed by atoms with Gasteiger partial charge in [0.05, 0.1) is 11.8 Å². The zero-order valence-electron chi connectivity index (χ0n) is 17.0. The van der Waals surface area contributed by atoms with Crippen molar-refractivity contribution in [3.05, 3.63) is 54.1 Å². The second kappa shape index (κ2) is 7.72. The monoisotopic (exact) mass is 410 g/mol. The van der Waals surface area contributed by atoms with Gasteiger partial charge >= 0.3 is 0 Å². The Morgan fingerprint density at radius 2 is 1.79 bits per heavy atom. The van der Waals surface area contributed by atoms with E-state index in [0.717, 1.165) is 39.0 Å². The number of nitrogens with zero attached hydrogens (tertiary/aromatic N) is 3. The molecule has 0 bridgehead atoms. The number of benzene rings is 1. The smallest absolute Gasteiger partial charge is 0.214 e. The van der Waals surface area contributed by atoms with Crippen molar-refractivity contribution in [1.82, 2.24) is 14.3 Å². The standard InChI is InChI=1S/C22H26N4O2S/c1-4-7-29(27,28)26-13-20(14-26)25-22-11-19(10-17-5-6-23-12-21(17)22)18-8-15(2)24-16(3)9-18/h5-6,8-12,20,25H,4,7,13-14H2,1-3H3. The molecule has 3 aromatic rings. The predicted octanol–water partition coefficient (Wildman–Crippen LogP) is 3.75. The summed E-state index contributed by atoms with van der Waals surface area (Å²) in [6.45, 7) is 6.89. The first-order chi connectivity index (χ1) is 13.9. The quantitative estimate of drug-likeness (QED) is 0.670. The van der Waals surface area contributed by atoms with E-state index in [1.807, 2.05) is 33.0 Å². The van der Waals surface area contributed by atoms with E-state index in [9.17, 15) is 8.42 Å². The molecule has 1 aliphatic rings. The molecule has 4 rings (SSSR count). The summed E-state index contributed by atoms with van der Waals surface area (Å²) >= 11 is 0. The van der Waals surface area contributed by atoms with Crippen LogP contribution in [-0.4, -0.2) is 47.6 Å². The molecule has 29 heavy (non-hydrogen) atoms. The lowest BCUT2D eigenvalue weighted by molar-refractivity contribution is 0.281. The van der Waals surface area contributed by atoms with Crippen LogP contribution in [0.4, 0.5) is 5.69 Å². The van der Waals surface area contributed by atoms with Crippen LogP contribution in [0.5, 0.6) is 0 Å². The molecule has 0 unspecified atom stereocenters. The highest BCUT2D eigenvalue weighted by molar-refractivity contribution is 7.89. The van der Waals surface area contributed by atoms with E-state index in [-0.39, 0.29) is 11.8 Å². The van der Waals surface area contributed by atoms with Crippen LogP contribution < -0.4 is 5.32 Å². The maximum atomic E-state index is 12.2. The number of aromatic nitrogens is 2. The Morgan fingerprint density at radius 1 is 1.10 bits per heavy atom. The summed E-state index contributed by atoms with van der Waals surface area (Å²) in [5.41, 5.74) is 5.18. The van der Waals surface area contributed by atoms with Crippen molar-refractivity contribution >= 4 is 26.5 Å². The van der Waals surface area contributed by atoms with Gasteiger partial charge in [-0.15, -0.1) is 0 Å². The molecule has 0 saturated carbocycles. The molecule has 0 amide bonds. The van der Waals surface area contributed by atoms with E-state index in [2.05, 4.69) is 39.6 Å². The normalized spacial score (nSPS) is 15.4. The Bertz CT molecular complexity index is 1130. The first kappa shape index (κ1) is 19.8. The van der Waals surface area contributed by atoms with E-state index in [0.29, 0.717) is 19.5 Å². The lowest BCUT2D eigenvalue weighted by atomic mass is 9.99. The molecule has 0 aliphatic carbocycles. The van der Waals surface area contributed by atoms with E-state index < -0.39 is 10.0 Å². The number of pyridine rings is 2. The topological polar surface area (TPSA) is 75.2 Å². The Balaban J connectivity index is 1.64. The average molecular weight is 411 g/mol. The Labute approximate surface area is 172 Å². The van der Waals surface area contributed by atoms with Gasteiger partial charge in [-0.05, 0) is 67.1 Å². The lowest BCUT2D eigenvalue weighted by Gasteiger charge is -2.39. The minimum atomic E-state index is -3.13. The molecule has 3 heterocycles. The van der Waals surface area contributed by atoms with Crippen LogP contribution in [0.1, 0.15) is 24.7 Å². The molecule has 0 spiro atoms. The van der Waals surface area contributed by atoms with Gasteiger partial charge in [0.25, 0.3) is 0 Å². The highest BCUT2D eigenvalue weighted by Crippen LogP contribution is 2.32. The van der Waals surface area contributed by atoms with Crippen molar-refractivity contribution < 1.29 is 8.42 Å². The Kier molecular flexibility index (Phi) is 5.27. The van der Waals surface area contributed by atoms with Crippen molar-refractivity contribution in [1.29, 1.82) is 0 Å². The fraction of sp³-hybridized carbons (Fsp3) is 0.364. The van der Waals surface area contributed by atoms with Crippen LogP contribution in [-0.2, 0) is 10.0 Å². The van der Waals surface area contributed by atoms with Crippen LogP contribution in [0.2, 0.25) is 0 Å². The largest absolute Gasteiger partial charge is 0.379 e. The van der Waals surface area contributed by atoms with E-state index in [1.54, 1.807) is 10.5 Å². The van der Waals surface area contributed by atoms with Gasteiger partial charge in [-0.3, -0.25) is 9.97 Å². The number of hydrogen-bond acceptors (Lipinski definition) is 5. The van der Waals surface area contributed by atoms with Gasteiger partial charge < -0.3 is 5.32 Å². The number of fused-ring (bicyclic) bond motifs is 1. The molecule has 152 valence electrons. The van der Waals surface area contributed by atoms with Crippen LogP contribution in [0.3, 0.4) is 0 Å². The fourth-order valence-corrected chi connectivity index (χ4v) is 5.44. The second-order valence-electron chi connectivity index (χ2n) is 7.73. The first-order valence-corrected chi connectivity index (χ1v) is 11.5. The third-order valence-electron chi connectivity index (χ3n) is 5.23. The minimum absolute atomic E-state index is 0.0983. The second-order valence-corrected chi connectivity index (χ2v) is 9.82. The van der Waals surface area contributed by atoms with Crippen LogP contribution in [0, 0.1) is 13.8 Å². The van der Waals surface area contributed by atoms with Gasteiger partial charge in [-0.2, -0.15) is 4.31 Å². The molecule has 6 nitrogen and oxygen atoms in total. The maximum absolute atomic E-state index is 12.2. The zero-order valence-corrected chi connectivity index (χ0v) is 17.8. The number of rotatable bonds is 6. The molecule has 1 aliphatic heterocycles. The van der Waals surface area contributed by atoms with Gasteiger partial charge in [0, 0.05) is 47.9 Å². The van der Waals surface area contributed by atoms with Gasteiger partial charge in [0.2, 0.25) is 10.0 Å². The summed E-state index contributed by atoms with van der Waals surface area (Å²) in [6, 6.07) is 10.6. The molecule has 1 saturated heterocycles. The van der Waals surface area contributed by atoms with Crippen LogP contribution in [0.25, 0.3) is 21.9 Å². The summed E-state index contributed by atoms with van der Waals surface area (Å²) in [5.74, 6) is 0.211. The number of nitrogens with one attached hydrogen (secondary N) is 1. The third-order valence-corrected chi connectivity index (χ3v) is 7.24. The SMILES string of the molecule is CCCS(=O)(=O)N1CC(Nc2cc(-c3cc(C)nc(C)c3)cc3ccncc23)C1. The summed E-state index contributed by atoms with van der Waals surface area (Å²) in [6.07, 6.45) is 4.29. The van der Waals surface area contributed by atoms with Crippen molar-refractivity contribution in [2.75, 3.05) is 24.2 Å². The summed E-state index contributed by atoms with van der Waals surface area (Å²) < 4.78 is 26.0. The predicted molar refractivity (Wildman–Crippen MR) is 118 cm³/mol. The van der Waals surface area contributed by atoms with Crippen molar-refractivity contribution in [2.45, 2.75) is 33.2 Å². The molecule has 1 N–H and O–H groups in total. The molecule has 0 atom stereocenters. The van der Waals surface area contributed by atoms with Gasteiger partial charge in [0.15, 0.2) is 0 Å². The number of sulfonamides is 1. The van der Waals surface area contributed by atoms with Crippen LogP contribution >= 0.6 is 0 Å². The third kappa shape index (κ3) is 4.11. The summed E-state index contributed by atoms with van der Waals surface area (Å²) in [5, 5.41) is 5.68.